The molecule has 1 aromatic heterocycles. The summed E-state index contributed by atoms with van der Waals surface area (Å²) in [5.74, 6) is 1.07. The van der Waals surface area contributed by atoms with E-state index in [2.05, 4.69) is 85.0 Å². The highest BCUT2D eigenvalue weighted by Gasteiger charge is 2.20. The summed E-state index contributed by atoms with van der Waals surface area (Å²) in [5.41, 5.74) is 3.97. The Balaban J connectivity index is 1.88. The summed E-state index contributed by atoms with van der Waals surface area (Å²) in [7, 11) is 0. The van der Waals surface area contributed by atoms with Crippen molar-refractivity contribution in [1.82, 2.24) is 9.55 Å². The van der Waals surface area contributed by atoms with Crippen molar-refractivity contribution in [2.75, 3.05) is 0 Å². The molecule has 0 spiro atoms. The lowest BCUT2D eigenvalue weighted by molar-refractivity contribution is 0.475. The number of imidazole rings is 1. The van der Waals surface area contributed by atoms with Crippen LogP contribution < -0.4 is 0 Å². The lowest BCUT2D eigenvalue weighted by Crippen LogP contribution is -1.98. The topological polar surface area (TPSA) is 38.1 Å². The standard InChI is InChI=1S/C27H16Br2N2O/c28-17-8-12-21-22-13-9-18(29)15-24(22)26-25(23(21)14-17)30-27(16-6-10-20(32)11-7-16)31(26)19-4-2-1-3-5-19/h1-15,32H. The Labute approximate surface area is 201 Å². The second-order valence-corrected chi connectivity index (χ2v) is 9.56. The lowest BCUT2D eigenvalue weighted by Gasteiger charge is -2.13. The van der Waals surface area contributed by atoms with Gasteiger partial charge >= 0.3 is 0 Å². The molecule has 3 nitrogen and oxygen atoms in total. The second-order valence-electron chi connectivity index (χ2n) is 7.73. The molecule has 0 amide bonds. The van der Waals surface area contributed by atoms with Crippen LogP contribution in [0, 0.1) is 0 Å². The zero-order valence-corrected chi connectivity index (χ0v) is 19.9. The van der Waals surface area contributed by atoms with E-state index in [1.165, 1.54) is 5.39 Å². The molecule has 0 fully saturated rings. The minimum absolute atomic E-state index is 0.236. The first-order valence-electron chi connectivity index (χ1n) is 10.2. The summed E-state index contributed by atoms with van der Waals surface area (Å²) >= 11 is 7.32. The third-order valence-corrected chi connectivity index (χ3v) is 6.77. The van der Waals surface area contributed by atoms with Crippen LogP contribution in [0.25, 0.3) is 49.7 Å². The minimum atomic E-state index is 0.236. The van der Waals surface area contributed by atoms with Crippen LogP contribution in [0.4, 0.5) is 0 Å². The summed E-state index contributed by atoms with van der Waals surface area (Å²) in [4.78, 5) is 5.18. The maximum absolute atomic E-state index is 9.84. The van der Waals surface area contributed by atoms with Gasteiger partial charge in [0, 0.05) is 31.0 Å². The third-order valence-electron chi connectivity index (χ3n) is 5.78. The molecule has 1 N–H and O–H groups in total. The highest BCUT2D eigenvalue weighted by atomic mass is 79.9. The van der Waals surface area contributed by atoms with E-state index in [9.17, 15) is 5.11 Å². The number of hydrogen-bond donors (Lipinski definition) is 1. The first-order valence-corrected chi connectivity index (χ1v) is 11.8. The first-order chi connectivity index (χ1) is 15.6. The number of para-hydroxylation sites is 1. The summed E-state index contributed by atoms with van der Waals surface area (Å²) in [6, 6.07) is 30.3. The number of phenolic OH excluding ortho intramolecular Hbond substituents is 1. The van der Waals surface area contributed by atoms with Gasteiger partial charge in [-0.05, 0) is 71.4 Å². The van der Waals surface area contributed by atoms with E-state index in [1.807, 2.05) is 30.3 Å². The minimum Gasteiger partial charge on any atom is -0.508 e. The van der Waals surface area contributed by atoms with Gasteiger partial charge in [-0.25, -0.2) is 4.98 Å². The fourth-order valence-electron chi connectivity index (χ4n) is 4.38. The maximum atomic E-state index is 9.84. The fourth-order valence-corrected chi connectivity index (χ4v) is 5.11. The molecule has 0 saturated heterocycles. The van der Waals surface area contributed by atoms with Gasteiger partial charge in [-0.3, -0.25) is 4.57 Å². The van der Waals surface area contributed by atoms with Crippen LogP contribution in [-0.2, 0) is 0 Å². The van der Waals surface area contributed by atoms with Gasteiger partial charge in [0.15, 0.2) is 0 Å². The van der Waals surface area contributed by atoms with Crippen LogP contribution in [0.5, 0.6) is 5.75 Å². The van der Waals surface area contributed by atoms with Crippen LogP contribution >= 0.6 is 31.9 Å². The molecular formula is C27H16Br2N2O. The molecule has 0 aliphatic heterocycles. The Morgan fingerprint density at radius 1 is 0.656 bits per heavy atom. The number of hydrogen-bond acceptors (Lipinski definition) is 2. The van der Waals surface area contributed by atoms with Crippen molar-refractivity contribution in [3.8, 4) is 22.8 Å². The fraction of sp³-hybridized carbons (Fsp3) is 0. The average Bonchev–Trinajstić information content (AvgIpc) is 3.21. The van der Waals surface area contributed by atoms with Crippen LogP contribution in [-0.4, -0.2) is 14.7 Å². The Bertz CT molecular complexity index is 1640. The third kappa shape index (κ3) is 3.04. The van der Waals surface area contributed by atoms with Gasteiger partial charge in [0.25, 0.3) is 0 Å². The van der Waals surface area contributed by atoms with Gasteiger partial charge in [0.1, 0.15) is 11.6 Å². The summed E-state index contributed by atoms with van der Waals surface area (Å²) < 4.78 is 4.26. The van der Waals surface area contributed by atoms with Crippen LogP contribution in [0.2, 0.25) is 0 Å². The largest absolute Gasteiger partial charge is 0.508 e. The molecule has 5 heteroatoms. The second kappa shape index (κ2) is 7.47. The van der Waals surface area contributed by atoms with E-state index in [4.69, 9.17) is 4.98 Å². The highest BCUT2D eigenvalue weighted by Crippen LogP contribution is 2.40. The smallest absolute Gasteiger partial charge is 0.145 e. The monoisotopic (exact) mass is 542 g/mol. The predicted octanol–water partition coefficient (Wildman–Crippen LogP) is 8.23. The number of aromatic nitrogens is 2. The molecular weight excluding hydrogens is 528 g/mol. The number of benzene rings is 5. The van der Waals surface area contributed by atoms with Crippen molar-refractivity contribution in [2.24, 2.45) is 0 Å². The number of aromatic hydroxyl groups is 1. The number of phenols is 1. The van der Waals surface area contributed by atoms with Crippen molar-refractivity contribution >= 4 is 64.4 Å². The van der Waals surface area contributed by atoms with E-state index in [0.29, 0.717) is 0 Å². The Morgan fingerprint density at radius 3 is 1.97 bits per heavy atom. The number of fused-ring (bicyclic) bond motifs is 6. The van der Waals surface area contributed by atoms with Gasteiger partial charge in [0.05, 0.1) is 11.0 Å². The van der Waals surface area contributed by atoms with Crippen LogP contribution in [0.3, 0.4) is 0 Å². The van der Waals surface area contributed by atoms with E-state index in [-0.39, 0.29) is 5.75 Å². The molecule has 0 unspecified atom stereocenters. The van der Waals surface area contributed by atoms with Gasteiger partial charge < -0.3 is 5.11 Å². The molecule has 32 heavy (non-hydrogen) atoms. The SMILES string of the molecule is Oc1ccc(-c2nc3c4cc(Br)ccc4c4ccc(Br)cc4c3n2-c2ccccc2)cc1. The van der Waals surface area contributed by atoms with Gasteiger partial charge in [0.2, 0.25) is 0 Å². The Morgan fingerprint density at radius 2 is 1.28 bits per heavy atom. The van der Waals surface area contributed by atoms with Crippen molar-refractivity contribution < 1.29 is 5.11 Å². The van der Waals surface area contributed by atoms with Gasteiger partial charge in [-0.2, -0.15) is 0 Å². The van der Waals surface area contributed by atoms with Crippen LogP contribution in [0.1, 0.15) is 0 Å². The zero-order chi connectivity index (χ0) is 21.8. The quantitative estimate of drug-likeness (QED) is 0.223. The lowest BCUT2D eigenvalue weighted by atomic mass is 10.00. The summed E-state index contributed by atoms with van der Waals surface area (Å²) in [6.45, 7) is 0. The molecule has 0 aliphatic rings. The molecule has 154 valence electrons. The molecule has 6 rings (SSSR count). The summed E-state index contributed by atoms with van der Waals surface area (Å²) in [6.07, 6.45) is 0. The predicted molar refractivity (Wildman–Crippen MR) is 139 cm³/mol. The Hall–Kier alpha value is -3.15. The molecule has 1 heterocycles. The van der Waals surface area contributed by atoms with Crippen molar-refractivity contribution in [2.45, 2.75) is 0 Å². The first kappa shape index (κ1) is 19.5. The number of halogens is 2. The zero-order valence-electron chi connectivity index (χ0n) is 16.8. The Kier molecular flexibility index (Phi) is 4.56. The molecule has 0 aliphatic carbocycles. The number of rotatable bonds is 2. The highest BCUT2D eigenvalue weighted by molar-refractivity contribution is 9.10. The van der Waals surface area contributed by atoms with Crippen LogP contribution in [0.15, 0.2) is 99.9 Å². The molecule has 5 aromatic carbocycles. The molecule has 0 bridgehead atoms. The molecule has 0 atom stereocenters. The van der Waals surface area contributed by atoms with Gasteiger partial charge in [-0.1, -0.05) is 62.2 Å². The van der Waals surface area contributed by atoms with E-state index < -0.39 is 0 Å². The van der Waals surface area contributed by atoms with E-state index in [1.54, 1.807) is 12.1 Å². The van der Waals surface area contributed by atoms with Crippen molar-refractivity contribution in [3.05, 3.63) is 99.9 Å². The maximum Gasteiger partial charge on any atom is 0.145 e. The summed E-state index contributed by atoms with van der Waals surface area (Å²) in [5, 5.41) is 14.4. The normalized spacial score (nSPS) is 11.6. The van der Waals surface area contributed by atoms with Gasteiger partial charge in [-0.15, -0.1) is 0 Å². The van der Waals surface area contributed by atoms with E-state index >= 15 is 0 Å². The average molecular weight is 544 g/mol. The van der Waals surface area contributed by atoms with E-state index in [0.717, 1.165) is 53.2 Å². The molecule has 0 saturated carbocycles. The van der Waals surface area contributed by atoms with Crippen molar-refractivity contribution in [1.29, 1.82) is 0 Å². The molecule has 0 radical (unpaired) electrons. The molecule has 6 aromatic rings. The number of nitrogens with zero attached hydrogens (tertiary/aromatic N) is 2. The van der Waals surface area contributed by atoms with Crippen molar-refractivity contribution in [3.63, 3.8) is 0 Å².